The van der Waals surface area contributed by atoms with E-state index < -0.39 is 6.04 Å². The summed E-state index contributed by atoms with van der Waals surface area (Å²) in [6.07, 6.45) is 3.32. The van der Waals surface area contributed by atoms with Crippen molar-refractivity contribution in [2.45, 2.75) is 12.6 Å². The number of hydrogen-bond donors (Lipinski definition) is 2. The second-order valence-corrected chi connectivity index (χ2v) is 5.65. The molecule has 1 atom stereocenters. The number of thiophene rings is 1. The molecule has 2 rings (SSSR count). The molecule has 0 saturated carbocycles. The maximum absolute atomic E-state index is 11.8. The molecule has 2 aromatic rings. The maximum atomic E-state index is 11.8. The van der Waals surface area contributed by atoms with Crippen LogP contribution in [0, 0.1) is 0 Å². The van der Waals surface area contributed by atoms with Gasteiger partial charge in [0.2, 0.25) is 5.91 Å². The Morgan fingerprint density at radius 1 is 1.67 bits per heavy atom. The van der Waals surface area contributed by atoms with Gasteiger partial charge in [0.15, 0.2) is 0 Å². The van der Waals surface area contributed by atoms with Crippen molar-refractivity contribution in [3.05, 3.63) is 39.3 Å². The van der Waals surface area contributed by atoms with Gasteiger partial charge in [0.05, 0.1) is 17.1 Å². The average Bonchev–Trinajstić information content (AvgIpc) is 2.94. The van der Waals surface area contributed by atoms with Crippen LogP contribution in [0.3, 0.4) is 0 Å². The fraction of sp³-hybridized carbons (Fsp3) is 0.273. The lowest BCUT2D eigenvalue weighted by atomic mass is 10.1. The standard InChI is InChI=1S/C11H13ClN4OS/c1-16-6-7(4-15-16)10(13)11(17)14-5-8-2-3-9(12)18-8/h2-4,6,10H,5,13H2,1H3,(H,14,17). The first-order valence-electron chi connectivity index (χ1n) is 5.32. The number of nitrogens with two attached hydrogens (primary N) is 1. The van der Waals surface area contributed by atoms with Crippen molar-refractivity contribution >= 4 is 28.8 Å². The van der Waals surface area contributed by atoms with E-state index in [0.717, 1.165) is 4.88 Å². The molecule has 2 aromatic heterocycles. The van der Waals surface area contributed by atoms with Crippen molar-refractivity contribution in [1.29, 1.82) is 0 Å². The van der Waals surface area contributed by atoms with Crippen molar-refractivity contribution in [3.8, 4) is 0 Å². The molecule has 1 unspecified atom stereocenters. The molecule has 7 heteroatoms. The van der Waals surface area contributed by atoms with Crippen molar-refractivity contribution in [2.75, 3.05) is 0 Å². The summed E-state index contributed by atoms with van der Waals surface area (Å²) in [7, 11) is 1.78. The minimum absolute atomic E-state index is 0.229. The fourth-order valence-corrected chi connectivity index (χ4v) is 2.51. The van der Waals surface area contributed by atoms with Gasteiger partial charge in [-0.05, 0) is 12.1 Å². The van der Waals surface area contributed by atoms with Crippen molar-refractivity contribution in [1.82, 2.24) is 15.1 Å². The molecule has 3 N–H and O–H groups in total. The van der Waals surface area contributed by atoms with Crippen LogP contribution in [0.25, 0.3) is 0 Å². The Balaban J connectivity index is 1.92. The van der Waals surface area contributed by atoms with Gasteiger partial charge >= 0.3 is 0 Å². The zero-order chi connectivity index (χ0) is 13.1. The number of carbonyl (C=O) groups is 1. The topological polar surface area (TPSA) is 72.9 Å². The molecule has 0 bridgehead atoms. The Morgan fingerprint density at radius 2 is 2.44 bits per heavy atom. The molecule has 0 aliphatic heterocycles. The highest BCUT2D eigenvalue weighted by atomic mass is 35.5. The number of nitrogens with zero attached hydrogens (tertiary/aromatic N) is 2. The Hall–Kier alpha value is -1.37. The summed E-state index contributed by atoms with van der Waals surface area (Å²) >= 11 is 7.24. The molecule has 0 fully saturated rings. The third-order valence-corrected chi connectivity index (χ3v) is 3.66. The van der Waals surface area contributed by atoms with Crippen LogP contribution in [-0.4, -0.2) is 15.7 Å². The van der Waals surface area contributed by atoms with Gasteiger partial charge in [-0.3, -0.25) is 9.48 Å². The average molecular weight is 285 g/mol. The molecule has 0 aliphatic carbocycles. The zero-order valence-electron chi connectivity index (χ0n) is 9.76. The number of hydrogen-bond acceptors (Lipinski definition) is 4. The van der Waals surface area contributed by atoms with Crippen LogP contribution in [0.2, 0.25) is 4.34 Å². The van der Waals surface area contributed by atoms with E-state index in [0.29, 0.717) is 16.4 Å². The van der Waals surface area contributed by atoms with Gasteiger partial charge in [0.1, 0.15) is 6.04 Å². The number of rotatable bonds is 4. The molecule has 0 radical (unpaired) electrons. The van der Waals surface area contributed by atoms with E-state index in [1.165, 1.54) is 11.3 Å². The molecular formula is C11H13ClN4OS. The van der Waals surface area contributed by atoms with Crippen molar-refractivity contribution in [3.63, 3.8) is 0 Å². The molecule has 5 nitrogen and oxygen atoms in total. The SMILES string of the molecule is Cn1cc(C(N)C(=O)NCc2ccc(Cl)s2)cn1. The predicted octanol–water partition coefficient (Wildman–Crippen LogP) is 1.45. The number of aromatic nitrogens is 2. The van der Waals surface area contributed by atoms with E-state index >= 15 is 0 Å². The summed E-state index contributed by atoms with van der Waals surface area (Å²) < 4.78 is 2.32. The summed E-state index contributed by atoms with van der Waals surface area (Å²) in [6, 6.07) is 2.98. The number of aryl methyl sites for hydroxylation is 1. The second-order valence-electron chi connectivity index (χ2n) is 3.85. The number of carbonyl (C=O) groups excluding carboxylic acids is 1. The van der Waals surface area contributed by atoms with Crippen LogP contribution in [0.5, 0.6) is 0 Å². The summed E-state index contributed by atoms with van der Waals surface area (Å²) in [5.41, 5.74) is 6.53. The maximum Gasteiger partial charge on any atom is 0.241 e. The summed E-state index contributed by atoms with van der Waals surface area (Å²) in [5, 5.41) is 6.75. The molecule has 0 spiro atoms. The highest BCUT2D eigenvalue weighted by molar-refractivity contribution is 7.16. The molecule has 0 aromatic carbocycles. The second kappa shape index (κ2) is 5.51. The van der Waals surface area contributed by atoms with E-state index in [1.54, 1.807) is 30.2 Å². The first kappa shape index (κ1) is 13.1. The van der Waals surface area contributed by atoms with Gasteiger partial charge in [-0.2, -0.15) is 5.10 Å². The lowest BCUT2D eigenvalue weighted by Gasteiger charge is -2.09. The quantitative estimate of drug-likeness (QED) is 0.892. The molecule has 18 heavy (non-hydrogen) atoms. The number of amides is 1. The third kappa shape index (κ3) is 3.10. The van der Waals surface area contributed by atoms with Crippen molar-refractivity contribution < 1.29 is 4.79 Å². The largest absolute Gasteiger partial charge is 0.350 e. The monoisotopic (exact) mass is 284 g/mol. The van der Waals surface area contributed by atoms with Crippen LogP contribution in [-0.2, 0) is 18.4 Å². The van der Waals surface area contributed by atoms with Crippen LogP contribution < -0.4 is 11.1 Å². The third-order valence-electron chi connectivity index (χ3n) is 2.43. The van der Waals surface area contributed by atoms with E-state index in [-0.39, 0.29) is 5.91 Å². The number of halogens is 1. The first-order valence-corrected chi connectivity index (χ1v) is 6.52. The molecule has 96 valence electrons. The van der Waals surface area contributed by atoms with Gasteiger partial charge in [-0.15, -0.1) is 11.3 Å². The molecular weight excluding hydrogens is 272 g/mol. The van der Waals surface area contributed by atoms with E-state index in [4.69, 9.17) is 17.3 Å². The van der Waals surface area contributed by atoms with E-state index in [9.17, 15) is 4.79 Å². The van der Waals surface area contributed by atoms with Gasteiger partial charge < -0.3 is 11.1 Å². The van der Waals surface area contributed by atoms with Gasteiger partial charge in [0, 0.05) is 23.7 Å². The smallest absolute Gasteiger partial charge is 0.241 e. The van der Waals surface area contributed by atoms with Crippen LogP contribution in [0.15, 0.2) is 24.5 Å². The van der Waals surface area contributed by atoms with Crippen LogP contribution in [0.4, 0.5) is 0 Å². The predicted molar refractivity (Wildman–Crippen MR) is 71.3 cm³/mol. The normalized spacial score (nSPS) is 12.4. The minimum atomic E-state index is -0.700. The minimum Gasteiger partial charge on any atom is -0.350 e. The Kier molecular flexibility index (Phi) is 4.00. The highest BCUT2D eigenvalue weighted by Gasteiger charge is 2.16. The summed E-state index contributed by atoms with van der Waals surface area (Å²) in [5.74, 6) is -0.229. The first-order chi connectivity index (χ1) is 8.56. The molecule has 0 saturated heterocycles. The Labute approximate surface area is 114 Å². The van der Waals surface area contributed by atoms with E-state index in [1.807, 2.05) is 6.07 Å². The lowest BCUT2D eigenvalue weighted by molar-refractivity contribution is -0.122. The van der Waals surface area contributed by atoms with Gasteiger partial charge in [0.25, 0.3) is 0 Å². The number of nitrogens with one attached hydrogen (secondary N) is 1. The molecule has 0 aliphatic rings. The fourth-order valence-electron chi connectivity index (χ4n) is 1.48. The van der Waals surface area contributed by atoms with Gasteiger partial charge in [-0.1, -0.05) is 11.6 Å². The highest BCUT2D eigenvalue weighted by Crippen LogP contribution is 2.21. The van der Waals surface area contributed by atoms with Crippen LogP contribution in [0.1, 0.15) is 16.5 Å². The van der Waals surface area contributed by atoms with E-state index in [2.05, 4.69) is 10.4 Å². The lowest BCUT2D eigenvalue weighted by Crippen LogP contribution is -2.33. The van der Waals surface area contributed by atoms with Gasteiger partial charge in [-0.25, -0.2) is 0 Å². The van der Waals surface area contributed by atoms with Crippen LogP contribution >= 0.6 is 22.9 Å². The Morgan fingerprint density at radius 3 is 3.00 bits per heavy atom. The summed E-state index contributed by atoms with van der Waals surface area (Å²) in [6.45, 7) is 0.435. The zero-order valence-corrected chi connectivity index (χ0v) is 11.3. The Bertz CT molecular complexity index is 551. The molecule has 2 heterocycles. The van der Waals surface area contributed by atoms with Crippen molar-refractivity contribution in [2.24, 2.45) is 12.8 Å². The molecule has 1 amide bonds. The summed E-state index contributed by atoms with van der Waals surface area (Å²) in [4.78, 5) is 12.8.